The Morgan fingerprint density at radius 1 is 1.38 bits per heavy atom. The summed E-state index contributed by atoms with van der Waals surface area (Å²) in [5, 5.41) is 0. The maximum Gasteiger partial charge on any atom is 0.242 e. The van der Waals surface area contributed by atoms with Gasteiger partial charge in [-0.25, -0.2) is 0 Å². The first-order valence-electron chi connectivity index (χ1n) is 7.14. The Hall–Kier alpha value is -1.10. The van der Waals surface area contributed by atoms with Crippen molar-refractivity contribution in [1.82, 2.24) is 4.90 Å². The van der Waals surface area contributed by atoms with Crippen LogP contribution in [0.25, 0.3) is 0 Å². The van der Waals surface area contributed by atoms with Gasteiger partial charge in [-0.15, -0.1) is 12.4 Å². The fourth-order valence-electron chi connectivity index (χ4n) is 2.34. The highest BCUT2D eigenvalue weighted by molar-refractivity contribution is 5.85. The highest BCUT2D eigenvalue weighted by atomic mass is 35.5. The van der Waals surface area contributed by atoms with E-state index in [9.17, 15) is 4.79 Å². The molecule has 1 unspecified atom stereocenters. The maximum absolute atomic E-state index is 12.4. The molecular weight excluding hydrogens is 288 g/mol. The van der Waals surface area contributed by atoms with Gasteiger partial charge in [0.25, 0.3) is 0 Å². The summed E-state index contributed by atoms with van der Waals surface area (Å²) in [6, 6.07) is 6.14. The molecule has 1 aromatic rings. The SMILES string of the molecule is COCC(N)C(=O)N(Cc1ccc(C)c(C)c1)C1CC1.Cl. The van der Waals surface area contributed by atoms with Crippen molar-refractivity contribution in [3.05, 3.63) is 34.9 Å². The predicted molar refractivity (Wildman–Crippen MR) is 86.6 cm³/mol. The Labute approximate surface area is 133 Å². The van der Waals surface area contributed by atoms with Gasteiger partial charge < -0.3 is 15.4 Å². The molecule has 1 fully saturated rings. The second-order valence-electron chi connectivity index (χ2n) is 5.68. The number of methoxy groups -OCH3 is 1. The van der Waals surface area contributed by atoms with Gasteiger partial charge in [0.15, 0.2) is 0 Å². The van der Waals surface area contributed by atoms with Crippen molar-refractivity contribution in [3.8, 4) is 0 Å². The number of carbonyl (C=O) groups is 1. The van der Waals surface area contributed by atoms with E-state index in [2.05, 4.69) is 32.0 Å². The number of nitrogens with zero attached hydrogens (tertiary/aromatic N) is 1. The third-order valence-electron chi connectivity index (χ3n) is 3.86. The number of amides is 1. The maximum atomic E-state index is 12.4. The van der Waals surface area contributed by atoms with Crippen LogP contribution in [0.4, 0.5) is 0 Å². The number of benzene rings is 1. The zero-order valence-corrected chi connectivity index (χ0v) is 13.8. The highest BCUT2D eigenvalue weighted by Crippen LogP contribution is 2.29. The fourth-order valence-corrected chi connectivity index (χ4v) is 2.34. The van der Waals surface area contributed by atoms with E-state index in [1.165, 1.54) is 11.1 Å². The molecule has 1 aliphatic carbocycles. The molecule has 21 heavy (non-hydrogen) atoms. The minimum Gasteiger partial charge on any atom is -0.383 e. The first kappa shape index (κ1) is 18.0. The summed E-state index contributed by atoms with van der Waals surface area (Å²) >= 11 is 0. The Balaban J connectivity index is 0.00000220. The zero-order chi connectivity index (χ0) is 14.7. The quantitative estimate of drug-likeness (QED) is 0.876. The Morgan fingerprint density at radius 2 is 2.05 bits per heavy atom. The summed E-state index contributed by atoms with van der Waals surface area (Å²) in [4.78, 5) is 14.3. The van der Waals surface area contributed by atoms with Gasteiger partial charge in [0.1, 0.15) is 6.04 Å². The second-order valence-corrected chi connectivity index (χ2v) is 5.68. The molecule has 1 aliphatic rings. The molecular formula is C16H25ClN2O2. The van der Waals surface area contributed by atoms with Gasteiger partial charge in [-0.1, -0.05) is 18.2 Å². The van der Waals surface area contributed by atoms with Gasteiger partial charge in [-0.3, -0.25) is 4.79 Å². The third kappa shape index (κ3) is 4.70. The highest BCUT2D eigenvalue weighted by Gasteiger charge is 2.34. The molecule has 1 saturated carbocycles. The number of halogens is 1. The van der Waals surface area contributed by atoms with Crippen molar-refractivity contribution in [2.24, 2.45) is 5.73 Å². The summed E-state index contributed by atoms with van der Waals surface area (Å²) in [5.74, 6) is -0.00687. The van der Waals surface area contributed by atoms with E-state index in [-0.39, 0.29) is 24.9 Å². The summed E-state index contributed by atoms with van der Waals surface area (Å²) in [5.41, 5.74) is 9.58. The van der Waals surface area contributed by atoms with Gasteiger partial charge in [-0.05, 0) is 43.4 Å². The monoisotopic (exact) mass is 312 g/mol. The molecule has 1 atom stereocenters. The summed E-state index contributed by atoms with van der Waals surface area (Å²) < 4.78 is 4.99. The van der Waals surface area contributed by atoms with Crippen LogP contribution in [0.2, 0.25) is 0 Å². The molecule has 0 heterocycles. The molecule has 0 aromatic heterocycles. The van der Waals surface area contributed by atoms with Crippen LogP contribution >= 0.6 is 12.4 Å². The molecule has 0 spiro atoms. The number of hydrogen-bond donors (Lipinski definition) is 1. The molecule has 5 heteroatoms. The van der Waals surface area contributed by atoms with Crippen molar-refractivity contribution in [2.75, 3.05) is 13.7 Å². The number of nitrogens with two attached hydrogens (primary N) is 1. The molecule has 0 saturated heterocycles. The van der Waals surface area contributed by atoms with Crippen LogP contribution in [-0.4, -0.2) is 36.6 Å². The Bertz CT molecular complexity index is 489. The molecule has 1 aromatic carbocycles. The standard InChI is InChI=1S/C16H24N2O2.ClH/c1-11-4-5-13(8-12(11)2)9-18(14-6-7-14)16(19)15(17)10-20-3;/h4-5,8,14-15H,6-7,9-10,17H2,1-3H3;1H. The van der Waals surface area contributed by atoms with Crippen LogP contribution in [-0.2, 0) is 16.1 Å². The average molecular weight is 313 g/mol. The van der Waals surface area contributed by atoms with E-state index in [0.29, 0.717) is 12.6 Å². The first-order chi connectivity index (χ1) is 9.52. The lowest BCUT2D eigenvalue weighted by Crippen LogP contribution is -2.46. The third-order valence-corrected chi connectivity index (χ3v) is 3.86. The largest absolute Gasteiger partial charge is 0.383 e. The van der Waals surface area contributed by atoms with Gasteiger partial charge in [0, 0.05) is 19.7 Å². The van der Waals surface area contributed by atoms with Gasteiger partial charge >= 0.3 is 0 Å². The minimum atomic E-state index is -0.563. The van der Waals surface area contributed by atoms with Crippen LogP contribution in [0.1, 0.15) is 29.5 Å². The van der Waals surface area contributed by atoms with Crippen molar-refractivity contribution < 1.29 is 9.53 Å². The van der Waals surface area contributed by atoms with Crippen LogP contribution in [0.3, 0.4) is 0 Å². The van der Waals surface area contributed by atoms with E-state index in [4.69, 9.17) is 10.5 Å². The Morgan fingerprint density at radius 3 is 2.57 bits per heavy atom. The van der Waals surface area contributed by atoms with Crippen molar-refractivity contribution in [1.29, 1.82) is 0 Å². The molecule has 4 nitrogen and oxygen atoms in total. The van der Waals surface area contributed by atoms with Crippen LogP contribution in [0.15, 0.2) is 18.2 Å². The first-order valence-corrected chi connectivity index (χ1v) is 7.14. The zero-order valence-electron chi connectivity index (χ0n) is 13.0. The van der Waals surface area contributed by atoms with Gasteiger partial charge in [0.05, 0.1) is 6.61 Å². The number of rotatable bonds is 6. The topological polar surface area (TPSA) is 55.6 Å². The molecule has 2 N–H and O–H groups in total. The van der Waals surface area contributed by atoms with Crippen molar-refractivity contribution in [3.63, 3.8) is 0 Å². The normalized spacial score (nSPS) is 15.2. The number of hydrogen-bond acceptors (Lipinski definition) is 3. The predicted octanol–water partition coefficient (Wildman–Crippen LogP) is 2.19. The number of aryl methyl sites for hydroxylation is 2. The average Bonchev–Trinajstić information content (AvgIpc) is 3.24. The van der Waals surface area contributed by atoms with Gasteiger partial charge in [-0.2, -0.15) is 0 Å². The van der Waals surface area contributed by atoms with Crippen LogP contribution in [0.5, 0.6) is 0 Å². The number of carbonyl (C=O) groups excluding carboxylic acids is 1. The molecule has 1 amide bonds. The fraction of sp³-hybridized carbons (Fsp3) is 0.562. The smallest absolute Gasteiger partial charge is 0.242 e. The van der Waals surface area contributed by atoms with E-state index in [0.717, 1.165) is 18.4 Å². The molecule has 0 bridgehead atoms. The van der Waals surface area contributed by atoms with E-state index >= 15 is 0 Å². The van der Waals surface area contributed by atoms with Crippen LogP contribution in [0, 0.1) is 13.8 Å². The summed E-state index contributed by atoms with van der Waals surface area (Å²) in [6.07, 6.45) is 2.16. The van der Waals surface area contributed by atoms with Crippen molar-refractivity contribution >= 4 is 18.3 Å². The lowest BCUT2D eigenvalue weighted by atomic mass is 10.1. The van der Waals surface area contributed by atoms with E-state index < -0.39 is 6.04 Å². The van der Waals surface area contributed by atoms with Crippen LogP contribution < -0.4 is 5.73 Å². The number of ether oxygens (including phenoxy) is 1. The minimum absolute atomic E-state index is 0. The molecule has 0 aliphatic heterocycles. The summed E-state index contributed by atoms with van der Waals surface area (Å²) in [7, 11) is 1.57. The Kier molecular flexibility index (Phi) is 6.65. The van der Waals surface area contributed by atoms with Gasteiger partial charge in [0.2, 0.25) is 5.91 Å². The van der Waals surface area contributed by atoms with Crippen molar-refractivity contribution in [2.45, 2.75) is 45.3 Å². The molecule has 2 rings (SSSR count). The second kappa shape index (κ2) is 7.78. The molecule has 118 valence electrons. The van der Waals surface area contributed by atoms with E-state index in [1.807, 2.05) is 4.90 Å². The van der Waals surface area contributed by atoms with E-state index in [1.54, 1.807) is 7.11 Å². The lowest BCUT2D eigenvalue weighted by Gasteiger charge is -2.25. The summed E-state index contributed by atoms with van der Waals surface area (Å²) in [6.45, 7) is 5.10. The lowest BCUT2D eigenvalue weighted by molar-refractivity contribution is -0.135. The molecule has 0 radical (unpaired) electrons.